The second kappa shape index (κ2) is 11.4. The van der Waals surface area contributed by atoms with Crippen molar-refractivity contribution in [1.29, 1.82) is 0 Å². The fraction of sp³-hybridized carbons (Fsp3) is 0.400. The molecule has 0 radical (unpaired) electrons. The summed E-state index contributed by atoms with van der Waals surface area (Å²) >= 11 is 1.45. The van der Waals surface area contributed by atoms with Crippen molar-refractivity contribution in [3.63, 3.8) is 0 Å². The minimum atomic E-state index is -3.67. The number of carbonyl (C=O) groups excluding carboxylic acids is 1. The largest absolute Gasteiger partial charge is 0.445 e. The van der Waals surface area contributed by atoms with Gasteiger partial charge in [-0.25, -0.2) is 23.7 Å². The van der Waals surface area contributed by atoms with Gasteiger partial charge in [-0.3, -0.25) is 4.79 Å². The quantitative estimate of drug-likeness (QED) is 0.597. The number of nitrogens with one attached hydrogen (secondary N) is 1. The van der Waals surface area contributed by atoms with Gasteiger partial charge in [0.15, 0.2) is 5.17 Å². The molecule has 1 fully saturated rings. The van der Waals surface area contributed by atoms with Crippen molar-refractivity contribution in [3.8, 4) is 5.88 Å². The van der Waals surface area contributed by atoms with Crippen molar-refractivity contribution in [2.75, 3.05) is 31.1 Å². The summed E-state index contributed by atoms with van der Waals surface area (Å²) in [4.78, 5) is 24.8. The summed E-state index contributed by atoms with van der Waals surface area (Å²) in [5.74, 6) is -0.246. The highest BCUT2D eigenvalue weighted by Gasteiger charge is 2.47. The molecule has 2 unspecified atom stereocenters. The second-order valence-corrected chi connectivity index (χ2v) is 8.15. The molecule has 14 heteroatoms. The molecule has 34 heavy (non-hydrogen) atoms. The number of amides is 1. The average Bonchev–Trinajstić information content (AvgIpc) is 2.80. The molecule has 3 N–H and O–H groups in total. The monoisotopic (exact) mass is 505 g/mol. The van der Waals surface area contributed by atoms with Gasteiger partial charge in [-0.15, -0.1) is 0 Å². The maximum Gasteiger partial charge on any atom is 0.379 e. The summed E-state index contributed by atoms with van der Waals surface area (Å²) < 4.78 is 66.2. The highest BCUT2D eigenvalue weighted by Crippen LogP contribution is 2.45. The van der Waals surface area contributed by atoms with Gasteiger partial charge in [0.1, 0.15) is 17.1 Å². The number of benzene rings is 1. The first kappa shape index (κ1) is 25.6. The van der Waals surface area contributed by atoms with E-state index in [1.54, 1.807) is 6.07 Å². The zero-order chi connectivity index (χ0) is 24.7. The van der Waals surface area contributed by atoms with Crippen LogP contribution in [0.5, 0.6) is 5.88 Å². The Labute approximate surface area is 195 Å². The summed E-state index contributed by atoms with van der Waals surface area (Å²) in [6.45, 7) is -3.91. The third kappa shape index (κ3) is 6.11. The van der Waals surface area contributed by atoms with Crippen LogP contribution < -0.4 is 15.8 Å². The molecule has 1 aromatic heterocycles. The van der Waals surface area contributed by atoms with Crippen LogP contribution in [-0.2, 0) is 10.3 Å². The van der Waals surface area contributed by atoms with Gasteiger partial charge < -0.3 is 20.5 Å². The molecule has 2 aromatic rings. The molecular formula is C20H20F5N5O3S. The number of carbonyl (C=O) groups is 1. The van der Waals surface area contributed by atoms with Crippen LogP contribution in [0.3, 0.4) is 0 Å². The molecule has 1 saturated heterocycles. The molecule has 1 amide bonds. The Morgan fingerprint density at radius 3 is 2.76 bits per heavy atom. The van der Waals surface area contributed by atoms with E-state index in [-0.39, 0.29) is 24.1 Å². The van der Waals surface area contributed by atoms with Crippen LogP contribution in [0.25, 0.3) is 0 Å². The number of halogens is 5. The molecule has 0 spiro atoms. The minimum absolute atomic E-state index is 0.000421. The van der Waals surface area contributed by atoms with E-state index in [0.29, 0.717) is 23.0 Å². The lowest BCUT2D eigenvalue weighted by molar-refractivity contribution is 0.00304. The molecular weight excluding hydrogens is 485 g/mol. The molecule has 2 aliphatic rings. The number of rotatable bonds is 5. The van der Waals surface area contributed by atoms with Gasteiger partial charge in [0.25, 0.3) is 5.91 Å². The number of amidine groups is 1. The fourth-order valence-electron chi connectivity index (χ4n) is 3.62. The first-order chi connectivity index (χ1) is 16.2. The highest BCUT2D eigenvalue weighted by atomic mass is 32.2. The smallest absolute Gasteiger partial charge is 0.379 e. The normalized spacial score (nSPS) is 21.6. The second-order valence-electron chi connectivity index (χ2n) is 7.11. The first-order valence-electron chi connectivity index (χ1n) is 9.85. The Hall–Kier alpha value is -3.00. The zero-order valence-electron chi connectivity index (χ0n) is 17.5. The number of nitrogens with two attached hydrogens (primary N) is 1. The minimum Gasteiger partial charge on any atom is -0.445 e. The Bertz CT molecular complexity index is 1030. The van der Waals surface area contributed by atoms with E-state index in [1.807, 2.05) is 0 Å². The molecule has 4 rings (SSSR count). The summed E-state index contributed by atoms with van der Waals surface area (Å²) in [5.41, 5.74) is 5.73. The van der Waals surface area contributed by atoms with Gasteiger partial charge >= 0.3 is 6.68 Å². The molecule has 0 aliphatic carbocycles. The summed E-state index contributed by atoms with van der Waals surface area (Å²) in [6.07, 6.45) is 3.05. The lowest BCUT2D eigenvalue weighted by Gasteiger charge is -2.43. The molecule has 2 aliphatic heterocycles. The number of anilines is 1. The van der Waals surface area contributed by atoms with Crippen molar-refractivity contribution >= 4 is 28.5 Å². The Morgan fingerprint density at radius 2 is 2.09 bits per heavy atom. The maximum absolute atomic E-state index is 14.9. The maximum atomic E-state index is 14.9. The van der Waals surface area contributed by atoms with E-state index in [4.69, 9.17) is 10.5 Å². The third-order valence-corrected chi connectivity index (χ3v) is 6.06. The molecule has 0 saturated carbocycles. The van der Waals surface area contributed by atoms with Gasteiger partial charge in [0.2, 0.25) is 12.7 Å². The zero-order valence-corrected chi connectivity index (χ0v) is 18.3. The Balaban J connectivity index is 0.000000751. The average molecular weight is 505 g/mol. The molecule has 3 heterocycles. The van der Waals surface area contributed by atoms with Crippen molar-refractivity contribution in [3.05, 3.63) is 47.7 Å². The lowest BCUT2D eigenvalue weighted by atomic mass is 9.76. The van der Waals surface area contributed by atoms with E-state index in [1.165, 1.54) is 23.9 Å². The molecule has 8 nitrogen and oxygen atoms in total. The number of thioether (sulfide) groups is 1. The van der Waals surface area contributed by atoms with Crippen LogP contribution >= 0.6 is 11.8 Å². The van der Waals surface area contributed by atoms with E-state index in [0.717, 1.165) is 24.6 Å². The van der Waals surface area contributed by atoms with Crippen molar-refractivity contribution in [2.24, 2.45) is 16.6 Å². The highest BCUT2D eigenvalue weighted by molar-refractivity contribution is 8.13. The predicted molar refractivity (Wildman–Crippen MR) is 115 cm³/mol. The predicted octanol–water partition coefficient (Wildman–Crippen LogP) is 3.65. The molecule has 0 bridgehead atoms. The fourth-order valence-corrected chi connectivity index (χ4v) is 4.66. The Morgan fingerprint density at radius 1 is 1.32 bits per heavy atom. The third-order valence-electron chi connectivity index (χ3n) is 5.10. The lowest BCUT2D eigenvalue weighted by Crippen LogP contribution is -2.48. The van der Waals surface area contributed by atoms with Crippen LogP contribution in [-0.4, -0.2) is 53.5 Å². The number of aliphatic imine (C=N–C) groups is 1. The number of hydrogen-bond donors (Lipinski definition) is 2. The van der Waals surface area contributed by atoms with Gasteiger partial charge in [-0.1, -0.05) is 11.8 Å². The number of nitrogens with zero attached hydrogens (tertiary/aromatic N) is 3. The topological polar surface area (TPSA) is 112 Å². The van der Waals surface area contributed by atoms with E-state index in [2.05, 4.69) is 25.0 Å². The van der Waals surface area contributed by atoms with E-state index < -0.39 is 30.8 Å². The molecule has 1 aromatic carbocycles. The molecule has 184 valence electrons. The molecule has 2 atom stereocenters. The van der Waals surface area contributed by atoms with Gasteiger partial charge in [-0.2, -0.15) is 13.2 Å². The van der Waals surface area contributed by atoms with E-state index >= 15 is 0 Å². The standard InChI is InChI=1S/C19H19F2N5O3S.CHF3/c20-10-29-16-7-23-15(6-24-16)17(27)25-12-1-2-14(21)13(5-12)19-9-28-4-3-11(19)8-30-18(22)26-19;2-1(3)4/h1-2,5-7,11H,3-4,8-10H2,(H2,22,26)(H,25,27);1H. The van der Waals surface area contributed by atoms with Gasteiger partial charge in [-0.05, 0) is 24.6 Å². The number of ether oxygens (including phenoxy) is 2. The van der Waals surface area contributed by atoms with Crippen molar-refractivity contribution in [2.45, 2.75) is 18.6 Å². The van der Waals surface area contributed by atoms with Crippen LogP contribution in [0.1, 0.15) is 22.5 Å². The number of alkyl halides is 4. The van der Waals surface area contributed by atoms with Crippen LogP contribution in [0.2, 0.25) is 0 Å². The summed E-state index contributed by atoms with van der Waals surface area (Å²) in [5, 5.41) is 3.06. The summed E-state index contributed by atoms with van der Waals surface area (Å²) in [6, 6.07) is 4.28. The van der Waals surface area contributed by atoms with Crippen LogP contribution in [0.15, 0.2) is 35.6 Å². The van der Waals surface area contributed by atoms with Crippen LogP contribution in [0.4, 0.5) is 27.6 Å². The number of fused-ring (bicyclic) bond motifs is 1. The number of aromatic nitrogens is 2. The first-order valence-corrected chi connectivity index (χ1v) is 10.8. The van der Waals surface area contributed by atoms with Crippen molar-refractivity contribution in [1.82, 2.24) is 9.97 Å². The summed E-state index contributed by atoms with van der Waals surface area (Å²) in [7, 11) is 0. The van der Waals surface area contributed by atoms with E-state index in [9.17, 15) is 26.7 Å². The van der Waals surface area contributed by atoms with Crippen molar-refractivity contribution < 1.29 is 36.2 Å². The van der Waals surface area contributed by atoms with Gasteiger partial charge in [0, 0.05) is 29.5 Å². The number of hydrogen-bond acceptors (Lipinski definition) is 8. The Kier molecular flexibility index (Phi) is 8.61. The van der Waals surface area contributed by atoms with Crippen LogP contribution in [0, 0.1) is 11.7 Å². The SMILES string of the molecule is FC(F)F.NC1=NC2(c3cc(NC(=O)c4cnc(OCF)cn4)ccc3F)COCCC2CS1. The van der Waals surface area contributed by atoms with Gasteiger partial charge in [0.05, 0.1) is 19.0 Å².